The topological polar surface area (TPSA) is 466 Å². The van der Waals surface area contributed by atoms with E-state index in [-0.39, 0.29) is 116 Å². The van der Waals surface area contributed by atoms with Crippen molar-refractivity contribution in [1.29, 1.82) is 0 Å². The standard InChI is InChI=1S/C62H78N8O22S2.Na/c1-33(71)69-43-39(73)27-61(59(85)86,91-55(43)49(77)41(75)31-67-47-45(51(79)53(47)81)65-29-35-11-5-3-6-12-35)89-21-9-23-93-25-19-63-57(83)37-15-17-38(18-16-37)58(84)64-20-26-94-24-10-22-90-62(60(87)88)28-40(74)44(70-34(2)72)56(92-62)50(78)42(76)32-68-48-46(52(80)54(48)82)66-30-36-13-7-4-8-14-36;/h3-8,11-18,39-44,49-50,55-56,65-68,73-78H,9-10,19-32H2,1-2H3,(H,63,83)(H,64,84)(H,69,71)(H,70,72)(H,85,86)(H,87,88);/q;+1/t39-,40-,41+,42+,43+,44+,49?,50?,55+,56+,61+,62+;/m0./s1. The van der Waals surface area contributed by atoms with Gasteiger partial charge in [-0.15, -0.1) is 0 Å². The molecule has 5 aromatic rings. The van der Waals surface area contributed by atoms with Crippen molar-refractivity contribution in [2.75, 3.05) is 83.7 Å². The van der Waals surface area contributed by atoms with Crippen molar-refractivity contribution in [1.82, 2.24) is 21.3 Å². The Morgan fingerprint density at radius 3 is 1.19 bits per heavy atom. The minimum Gasteiger partial charge on any atom is -0.477 e. The number of rotatable bonds is 38. The summed E-state index contributed by atoms with van der Waals surface area (Å²) in [4.78, 5) is 125. The molecule has 0 aromatic heterocycles. The van der Waals surface area contributed by atoms with Crippen LogP contribution in [0.25, 0.3) is 0 Å². The van der Waals surface area contributed by atoms with Crippen molar-refractivity contribution in [2.24, 2.45) is 0 Å². The number of nitrogens with one attached hydrogen (secondary N) is 8. The molecule has 95 heavy (non-hydrogen) atoms. The first kappa shape index (κ1) is 77.1. The van der Waals surface area contributed by atoms with Gasteiger partial charge in [-0.05, 0) is 59.7 Å². The van der Waals surface area contributed by atoms with E-state index in [0.717, 1.165) is 25.0 Å². The van der Waals surface area contributed by atoms with Gasteiger partial charge < -0.3 is 102 Å². The molecule has 16 N–H and O–H groups in total. The molecule has 2 aliphatic rings. The molecule has 0 spiro atoms. The zero-order valence-electron chi connectivity index (χ0n) is 52.3. The van der Waals surface area contributed by atoms with E-state index in [4.69, 9.17) is 18.9 Å². The number of thioether (sulfide) groups is 2. The van der Waals surface area contributed by atoms with Gasteiger partial charge in [-0.3, -0.25) is 38.4 Å². The molecule has 2 heterocycles. The Kier molecular flexibility index (Phi) is 29.6. The third-order valence-corrected chi connectivity index (χ3v) is 17.6. The van der Waals surface area contributed by atoms with Gasteiger partial charge in [0.15, 0.2) is 0 Å². The summed E-state index contributed by atoms with van der Waals surface area (Å²) in [6.07, 6.45) is -15.1. The first-order valence-corrected chi connectivity index (χ1v) is 32.4. The van der Waals surface area contributed by atoms with Gasteiger partial charge in [0.2, 0.25) is 11.8 Å². The molecule has 7 rings (SSSR count). The molecule has 0 radical (unpaired) electrons. The van der Waals surface area contributed by atoms with Crippen molar-refractivity contribution in [3.8, 4) is 0 Å². The van der Waals surface area contributed by atoms with Gasteiger partial charge in [0.05, 0.1) is 49.7 Å². The normalized spacial score (nSPS) is 22.2. The Bertz CT molecular complexity index is 3300. The molecule has 30 nitrogen and oxygen atoms in total. The van der Waals surface area contributed by atoms with Gasteiger partial charge in [-0.25, -0.2) is 9.59 Å². The predicted octanol–water partition coefficient (Wildman–Crippen LogP) is -4.62. The molecule has 4 amide bonds. The molecule has 5 aromatic carbocycles. The number of aliphatic hydroxyl groups is 6. The zero-order valence-corrected chi connectivity index (χ0v) is 55.9. The number of aliphatic hydroxyl groups excluding tert-OH is 6. The fourth-order valence-electron chi connectivity index (χ4n) is 10.5. The third kappa shape index (κ3) is 20.6. The summed E-state index contributed by atoms with van der Waals surface area (Å²) in [5.41, 5.74) is -1.46. The molecule has 12 atom stereocenters. The third-order valence-electron chi connectivity index (χ3n) is 15.4. The molecule has 33 heteroatoms. The van der Waals surface area contributed by atoms with Crippen molar-refractivity contribution >= 4 is 81.8 Å². The van der Waals surface area contributed by atoms with Crippen molar-refractivity contribution in [2.45, 2.75) is 125 Å². The maximum Gasteiger partial charge on any atom is 1.00 e. The van der Waals surface area contributed by atoms with Crippen molar-refractivity contribution in [3.05, 3.63) is 148 Å². The number of anilines is 4. The van der Waals surface area contributed by atoms with Gasteiger partial charge in [-0.1, -0.05) is 60.7 Å². The van der Waals surface area contributed by atoms with Crippen molar-refractivity contribution < 1.29 is 118 Å². The van der Waals surface area contributed by atoms with E-state index in [2.05, 4.69) is 42.5 Å². The van der Waals surface area contributed by atoms with Gasteiger partial charge in [0, 0.05) is 88.6 Å². The monoisotopic (exact) mass is 1370 g/mol. The molecular formula is C62H78N8NaO22S2+. The van der Waals surface area contributed by atoms with Crippen LogP contribution in [-0.2, 0) is 51.2 Å². The fraction of sp³-hybridized carbons (Fsp3) is 0.484. The molecule has 2 saturated heterocycles. The average Bonchev–Trinajstić information content (AvgIpc) is 0.791. The van der Waals surface area contributed by atoms with Crippen LogP contribution in [0.1, 0.15) is 71.4 Å². The maximum absolute atomic E-state index is 12.9. The number of aliphatic carboxylic acids is 2. The van der Waals surface area contributed by atoms with Crippen LogP contribution in [0.3, 0.4) is 0 Å². The molecule has 2 unspecified atom stereocenters. The van der Waals surface area contributed by atoms with Gasteiger partial charge >= 0.3 is 41.5 Å². The Balaban J connectivity index is 0.0000143. The first-order valence-electron chi connectivity index (χ1n) is 30.1. The number of hydrogen-bond donors (Lipinski definition) is 16. The number of carboxylic acid groups (broad SMARTS) is 2. The van der Waals surface area contributed by atoms with E-state index >= 15 is 0 Å². The Hall–Kier alpha value is -6.86. The SMILES string of the molecule is CC(=O)N[C@@H]1[C@@H](O)C[C@](OCCCSCCNC(=O)c2ccc(C(=O)NCCSCCCO[C@]3(C(=O)O)C[C@H](O)[C@@H](NC(C)=O)[C@H](C(O)[C@H](O)CNc4c(NCc5ccccc5)c(=O)c4=O)O3)cc2)(C(=O)O)O[C@H]1C(O)[C@H](O)CNc1c(NCc2ccccc2)c(=O)c1=O.[Na+]. The van der Waals surface area contributed by atoms with Crippen LogP contribution in [0.5, 0.6) is 0 Å². The van der Waals surface area contributed by atoms with Gasteiger partial charge in [0.25, 0.3) is 45.1 Å². The molecule has 0 bridgehead atoms. The molecule has 0 saturated carbocycles. The quantitative estimate of drug-likeness (QED) is 0.0100. The molecule has 510 valence electrons. The molecule has 2 fully saturated rings. The van der Waals surface area contributed by atoms with E-state index < -0.39 is 156 Å². The largest absolute Gasteiger partial charge is 1.00 e. The van der Waals surface area contributed by atoms with Crippen LogP contribution < -0.4 is 93.8 Å². The Morgan fingerprint density at radius 1 is 0.526 bits per heavy atom. The van der Waals surface area contributed by atoms with Crippen LogP contribution in [0.4, 0.5) is 22.7 Å². The maximum atomic E-state index is 12.9. The number of benzene rings is 3. The number of ether oxygens (including phenoxy) is 4. The van der Waals surface area contributed by atoms with Gasteiger partial charge in [0.1, 0.15) is 47.2 Å². The number of carboxylic acids is 2. The van der Waals surface area contributed by atoms with Crippen LogP contribution in [-0.4, -0.2) is 211 Å². The number of carbonyl (C=O) groups excluding carboxylic acids is 4. The minimum atomic E-state index is -2.52. The molecule has 2 aliphatic heterocycles. The number of carbonyl (C=O) groups is 6. The number of hydrogen-bond acceptors (Lipinski definition) is 26. The van der Waals surface area contributed by atoms with E-state index in [9.17, 15) is 88.8 Å². The summed E-state index contributed by atoms with van der Waals surface area (Å²) < 4.78 is 23.1. The molecule has 0 aliphatic carbocycles. The predicted molar refractivity (Wildman–Crippen MR) is 345 cm³/mol. The van der Waals surface area contributed by atoms with E-state index in [1.54, 1.807) is 48.5 Å². The Morgan fingerprint density at radius 2 is 0.863 bits per heavy atom. The second-order valence-corrected chi connectivity index (χ2v) is 24.8. The van der Waals surface area contributed by atoms with Gasteiger partial charge in [-0.2, -0.15) is 23.5 Å². The summed E-state index contributed by atoms with van der Waals surface area (Å²) in [5, 5.41) is 109. The average molecular weight is 1370 g/mol. The van der Waals surface area contributed by atoms with Crippen LogP contribution in [0.15, 0.2) is 104 Å². The summed E-state index contributed by atoms with van der Waals surface area (Å²) in [6.45, 7) is 1.65. The minimum absolute atomic E-state index is 0. The second-order valence-electron chi connectivity index (χ2n) is 22.4. The fourth-order valence-corrected chi connectivity index (χ4v) is 12.0. The summed E-state index contributed by atoms with van der Waals surface area (Å²) in [7, 11) is 0. The van der Waals surface area contributed by atoms with E-state index in [1.807, 2.05) is 12.1 Å². The van der Waals surface area contributed by atoms with Crippen LogP contribution in [0, 0.1) is 0 Å². The smallest absolute Gasteiger partial charge is 0.477 e. The summed E-state index contributed by atoms with van der Waals surface area (Å²) in [6, 6.07) is 21.1. The van der Waals surface area contributed by atoms with E-state index in [1.165, 1.54) is 47.8 Å². The van der Waals surface area contributed by atoms with E-state index in [0.29, 0.717) is 23.0 Å². The van der Waals surface area contributed by atoms with Crippen LogP contribution in [0.2, 0.25) is 0 Å². The zero-order chi connectivity index (χ0) is 68.3. The van der Waals surface area contributed by atoms with Crippen molar-refractivity contribution in [3.63, 3.8) is 0 Å². The summed E-state index contributed by atoms with van der Waals surface area (Å²) >= 11 is 2.80. The number of amides is 4. The molecular weight excluding hydrogens is 1300 g/mol. The second kappa shape index (κ2) is 36.5. The Labute approximate surface area is 574 Å². The first-order chi connectivity index (χ1) is 44.9. The van der Waals surface area contributed by atoms with Crippen LogP contribution >= 0.6 is 23.5 Å². The summed E-state index contributed by atoms with van der Waals surface area (Å²) in [5.74, 6) is -8.80.